The Hall–Kier alpha value is -2.59. The van der Waals surface area contributed by atoms with Gasteiger partial charge in [-0.15, -0.1) is 0 Å². The van der Waals surface area contributed by atoms with E-state index >= 15 is 0 Å². The molecule has 0 saturated heterocycles. The van der Waals surface area contributed by atoms with Gasteiger partial charge in [-0.1, -0.05) is 0 Å². The van der Waals surface area contributed by atoms with Crippen molar-refractivity contribution in [3.05, 3.63) is 52.9 Å². The van der Waals surface area contributed by atoms with E-state index in [1.54, 1.807) is 6.92 Å². The Morgan fingerprint density at radius 1 is 1.27 bits per heavy atom. The molecule has 2 aromatic rings. The van der Waals surface area contributed by atoms with Gasteiger partial charge in [-0.25, -0.2) is 13.6 Å². The maximum absolute atomic E-state index is 14.1. The normalized spacial score (nSPS) is 23.0. The quantitative estimate of drug-likeness (QED) is 0.862. The number of aromatic nitrogens is 2. The van der Waals surface area contributed by atoms with Crippen LogP contribution in [0.4, 0.5) is 14.5 Å². The maximum atomic E-state index is 14.1. The largest absolute Gasteiger partial charge is 0.455 e. The highest BCUT2D eigenvalue weighted by Crippen LogP contribution is 2.49. The summed E-state index contributed by atoms with van der Waals surface area (Å²) in [6, 6.07) is 1.43. The molecular weight excluding hydrogens is 292 g/mol. The first-order valence-corrected chi connectivity index (χ1v) is 6.49. The Bertz CT molecular complexity index is 776. The molecule has 0 spiro atoms. The van der Waals surface area contributed by atoms with Crippen molar-refractivity contribution in [1.82, 2.24) is 9.97 Å². The van der Waals surface area contributed by atoms with Crippen molar-refractivity contribution in [3.63, 3.8) is 0 Å². The van der Waals surface area contributed by atoms with Gasteiger partial charge in [0.2, 0.25) is 5.69 Å². The number of rotatable bonds is 2. The lowest BCUT2D eigenvalue weighted by Gasteiger charge is -2.13. The minimum Gasteiger partial charge on any atom is -0.455 e. The number of ether oxygens (including phenoxy) is 1. The van der Waals surface area contributed by atoms with Crippen LogP contribution in [0.1, 0.15) is 29.1 Å². The van der Waals surface area contributed by atoms with Gasteiger partial charge in [0.15, 0.2) is 18.1 Å². The molecule has 7 heteroatoms. The van der Waals surface area contributed by atoms with Gasteiger partial charge in [0.1, 0.15) is 11.9 Å². The van der Waals surface area contributed by atoms with Gasteiger partial charge in [-0.05, 0) is 13.0 Å². The van der Waals surface area contributed by atoms with E-state index < -0.39 is 18.4 Å². The zero-order valence-electron chi connectivity index (χ0n) is 11.5. The summed E-state index contributed by atoms with van der Waals surface area (Å²) >= 11 is 0. The Balaban J connectivity index is 2.05. The van der Waals surface area contributed by atoms with E-state index in [0.717, 1.165) is 0 Å². The van der Waals surface area contributed by atoms with E-state index in [9.17, 15) is 13.9 Å². The zero-order chi connectivity index (χ0) is 15.9. The third-order valence-corrected chi connectivity index (χ3v) is 3.53. The lowest BCUT2D eigenvalue weighted by atomic mass is 10.1. The van der Waals surface area contributed by atoms with E-state index in [1.165, 1.54) is 24.7 Å². The minimum atomic E-state index is -2.05. The average molecular weight is 303 g/mol. The van der Waals surface area contributed by atoms with Crippen LogP contribution in [0.25, 0.3) is 4.85 Å². The summed E-state index contributed by atoms with van der Waals surface area (Å²) in [7, 11) is 0. The molecule has 5 nitrogen and oxygen atoms in total. The summed E-state index contributed by atoms with van der Waals surface area (Å²) in [5.41, 5.74) is 0.688. The first-order chi connectivity index (χ1) is 10.5. The van der Waals surface area contributed by atoms with Crippen LogP contribution in [0.2, 0.25) is 0 Å². The summed E-state index contributed by atoms with van der Waals surface area (Å²) < 4.78 is 33.4. The number of fused-ring (bicyclic) bond motifs is 1. The van der Waals surface area contributed by atoms with Crippen LogP contribution in [-0.4, -0.2) is 21.2 Å². The van der Waals surface area contributed by atoms with E-state index in [-0.39, 0.29) is 28.3 Å². The molecule has 1 N–H and O–H groups in total. The van der Waals surface area contributed by atoms with Crippen molar-refractivity contribution in [3.8, 4) is 11.5 Å². The molecule has 0 radical (unpaired) electrons. The number of aliphatic hydroxyl groups is 1. The molecule has 0 amide bonds. The highest BCUT2D eigenvalue weighted by molar-refractivity contribution is 5.51. The lowest BCUT2D eigenvalue weighted by Crippen LogP contribution is -2.09. The molecule has 3 rings (SSSR count). The van der Waals surface area contributed by atoms with E-state index in [1.807, 2.05) is 0 Å². The summed E-state index contributed by atoms with van der Waals surface area (Å²) in [6.07, 6.45) is -1.61. The fourth-order valence-electron chi connectivity index (χ4n) is 2.49. The molecule has 0 aliphatic heterocycles. The molecule has 0 unspecified atom stereocenters. The summed E-state index contributed by atoms with van der Waals surface area (Å²) in [6.45, 7) is 8.50. The van der Waals surface area contributed by atoms with Gasteiger partial charge in [-0.2, -0.15) is 0 Å². The predicted octanol–water partition coefficient (Wildman–Crippen LogP) is 3.52. The molecular formula is C15H11F2N3O2. The molecule has 1 aliphatic carbocycles. The number of aryl methyl sites for hydroxylation is 1. The lowest BCUT2D eigenvalue weighted by molar-refractivity contribution is 0.0462. The minimum absolute atomic E-state index is 0.0104. The number of aliphatic hydroxyl groups excluding tert-OH is 1. The summed E-state index contributed by atoms with van der Waals surface area (Å²) in [4.78, 5) is 11.1. The van der Waals surface area contributed by atoms with Gasteiger partial charge >= 0.3 is 0 Å². The third kappa shape index (κ3) is 2.18. The SMILES string of the molecule is [C-]#[N+]c1cncc(Oc2cnc(C)c3c2[C@@H](F)[C@@H](F)[C@H]3O)c1. The molecule has 112 valence electrons. The van der Waals surface area contributed by atoms with Crippen LogP contribution < -0.4 is 4.74 Å². The topological polar surface area (TPSA) is 59.6 Å². The Morgan fingerprint density at radius 2 is 2.05 bits per heavy atom. The first kappa shape index (κ1) is 14.4. The fraction of sp³-hybridized carbons (Fsp3) is 0.267. The van der Waals surface area contributed by atoms with Gasteiger partial charge in [0, 0.05) is 23.0 Å². The second-order valence-electron chi connectivity index (χ2n) is 4.92. The van der Waals surface area contributed by atoms with Gasteiger partial charge < -0.3 is 9.84 Å². The highest BCUT2D eigenvalue weighted by atomic mass is 19.2. The molecule has 1 aliphatic rings. The number of alkyl halides is 2. The molecule has 0 fully saturated rings. The van der Waals surface area contributed by atoms with Crippen molar-refractivity contribution >= 4 is 5.69 Å². The Labute approximate surface area is 125 Å². The molecule has 2 heterocycles. The van der Waals surface area contributed by atoms with E-state index in [2.05, 4.69) is 14.8 Å². The summed E-state index contributed by atoms with van der Waals surface area (Å²) in [5, 5.41) is 9.81. The Kier molecular flexibility index (Phi) is 3.47. The van der Waals surface area contributed by atoms with Crippen LogP contribution in [-0.2, 0) is 0 Å². The Morgan fingerprint density at radius 3 is 2.77 bits per heavy atom. The molecule has 0 aromatic carbocycles. The van der Waals surface area contributed by atoms with Crippen molar-refractivity contribution in [2.75, 3.05) is 0 Å². The zero-order valence-corrected chi connectivity index (χ0v) is 11.5. The van der Waals surface area contributed by atoms with Crippen molar-refractivity contribution in [2.24, 2.45) is 0 Å². The molecule has 22 heavy (non-hydrogen) atoms. The van der Waals surface area contributed by atoms with Crippen LogP contribution in [0.5, 0.6) is 11.5 Å². The monoisotopic (exact) mass is 303 g/mol. The average Bonchev–Trinajstić information content (AvgIpc) is 2.76. The molecule has 2 aromatic heterocycles. The van der Waals surface area contributed by atoms with E-state index in [0.29, 0.717) is 5.69 Å². The number of hydrogen-bond donors (Lipinski definition) is 1. The van der Waals surface area contributed by atoms with Crippen molar-refractivity contribution in [2.45, 2.75) is 25.4 Å². The van der Waals surface area contributed by atoms with Crippen LogP contribution >= 0.6 is 0 Å². The number of hydrogen-bond acceptors (Lipinski definition) is 4. The summed E-state index contributed by atoms with van der Waals surface area (Å²) in [5.74, 6) is 0.224. The second kappa shape index (κ2) is 5.31. The molecule has 0 bridgehead atoms. The standard InChI is InChI=1S/C15H11F2N3O2/c1-7-11-12(13(16)14(17)15(11)21)10(6-20-7)22-9-3-8(18-2)4-19-5-9/h3-6,13-15,21H,1H3/t13-,14-,15+/m1/s1. The highest BCUT2D eigenvalue weighted by Gasteiger charge is 2.44. The van der Waals surface area contributed by atoms with Gasteiger partial charge in [0.05, 0.1) is 19.0 Å². The third-order valence-electron chi connectivity index (χ3n) is 3.53. The molecule has 3 atom stereocenters. The van der Waals surface area contributed by atoms with Crippen LogP contribution in [0.15, 0.2) is 24.7 Å². The van der Waals surface area contributed by atoms with Gasteiger partial charge in [0.25, 0.3) is 0 Å². The molecule has 0 saturated carbocycles. The van der Waals surface area contributed by atoms with Crippen LogP contribution in [0, 0.1) is 13.5 Å². The van der Waals surface area contributed by atoms with E-state index in [4.69, 9.17) is 11.3 Å². The number of pyridine rings is 2. The second-order valence-corrected chi connectivity index (χ2v) is 4.92. The first-order valence-electron chi connectivity index (χ1n) is 6.49. The van der Waals surface area contributed by atoms with Crippen LogP contribution in [0.3, 0.4) is 0 Å². The smallest absolute Gasteiger partial charge is 0.208 e. The predicted molar refractivity (Wildman–Crippen MR) is 73.3 cm³/mol. The van der Waals surface area contributed by atoms with Crippen molar-refractivity contribution < 1.29 is 18.6 Å². The van der Waals surface area contributed by atoms with Crippen molar-refractivity contribution in [1.29, 1.82) is 0 Å². The van der Waals surface area contributed by atoms with Gasteiger partial charge in [-0.3, -0.25) is 9.97 Å². The fourth-order valence-corrected chi connectivity index (χ4v) is 2.49. The number of halogens is 2. The maximum Gasteiger partial charge on any atom is 0.208 e. The number of nitrogens with zero attached hydrogens (tertiary/aromatic N) is 3.